The van der Waals surface area contributed by atoms with E-state index in [0.717, 1.165) is 18.1 Å². The molecular weight excluding hydrogens is 248 g/mol. The first kappa shape index (κ1) is 13.2. The first-order valence-electron chi connectivity index (χ1n) is 6.43. The van der Waals surface area contributed by atoms with Gasteiger partial charge in [-0.1, -0.05) is 6.92 Å². The lowest BCUT2D eigenvalue weighted by molar-refractivity contribution is 0.0992. The van der Waals surface area contributed by atoms with Crippen molar-refractivity contribution in [1.29, 1.82) is 0 Å². The standard InChI is InChI=1S/C13H20N2O2S/c1-3-9(16)12-10(14)11(17-2)13(18-12)15-7-5-4-6-8-15/h3-8,14H2,1-2H3. The summed E-state index contributed by atoms with van der Waals surface area (Å²) in [7, 11) is 1.62. The van der Waals surface area contributed by atoms with E-state index in [-0.39, 0.29) is 5.78 Å². The number of thiophene rings is 1. The first-order valence-corrected chi connectivity index (χ1v) is 7.25. The number of methoxy groups -OCH3 is 1. The van der Waals surface area contributed by atoms with E-state index in [0.29, 0.717) is 22.7 Å². The predicted molar refractivity (Wildman–Crippen MR) is 76.0 cm³/mol. The number of ketones is 1. The second-order valence-corrected chi connectivity index (χ2v) is 5.51. The Kier molecular flexibility index (Phi) is 4.11. The molecule has 1 aromatic rings. The predicted octanol–water partition coefficient (Wildman–Crippen LogP) is 2.92. The molecule has 2 N–H and O–H groups in total. The number of rotatable bonds is 4. The molecule has 0 bridgehead atoms. The molecule has 1 aromatic heterocycles. The van der Waals surface area contributed by atoms with Gasteiger partial charge in [0.2, 0.25) is 0 Å². The monoisotopic (exact) mass is 268 g/mol. The fraction of sp³-hybridized carbons (Fsp3) is 0.615. The smallest absolute Gasteiger partial charge is 0.177 e. The van der Waals surface area contributed by atoms with Crippen LogP contribution in [-0.4, -0.2) is 26.0 Å². The second-order valence-electron chi connectivity index (χ2n) is 4.51. The minimum Gasteiger partial charge on any atom is -0.492 e. The zero-order valence-corrected chi connectivity index (χ0v) is 11.8. The van der Waals surface area contributed by atoms with Gasteiger partial charge >= 0.3 is 0 Å². The Morgan fingerprint density at radius 1 is 1.39 bits per heavy atom. The number of carbonyl (C=O) groups is 1. The minimum absolute atomic E-state index is 0.0964. The normalized spacial score (nSPS) is 15.8. The highest BCUT2D eigenvalue weighted by molar-refractivity contribution is 7.19. The number of carbonyl (C=O) groups excluding carboxylic acids is 1. The van der Waals surface area contributed by atoms with Gasteiger partial charge in [-0.2, -0.15) is 0 Å². The van der Waals surface area contributed by atoms with Crippen LogP contribution in [0.1, 0.15) is 42.3 Å². The summed E-state index contributed by atoms with van der Waals surface area (Å²) in [6.45, 7) is 3.90. The van der Waals surface area contributed by atoms with E-state index in [2.05, 4.69) is 4.90 Å². The lowest BCUT2D eigenvalue weighted by Gasteiger charge is -2.27. The van der Waals surface area contributed by atoms with Crippen LogP contribution in [0.3, 0.4) is 0 Å². The molecule has 0 radical (unpaired) electrons. The van der Waals surface area contributed by atoms with Crippen LogP contribution in [-0.2, 0) is 0 Å². The summed E-state index contributed by atoms with van der Waals surface area (Å²) in [6.07, 6.45) is 4.14. The number of nitrogens with zero attached hydrogens (tertiary/aromatic N) is 1. The van der Waals surface area contributed by atoms with Crippen LogP contribution in [0.15, 0.2) is 0 Å². The van der Waals surface area contributed by atoms with Crippen LogP contribution in [0.5, 0.6) is 5.75 Å². The fourth-order valence-corrected chi connectivity index (χ4v) is 3.54. The number of anilines is 2. The average molecular weight is 268 g/mol. The Morgan fingerprint density at radius 2 is 2.06 bits per heavy atom. The van der Waals surface area contributed by atoms with Crippen molar-refractivity contribution < 1.29 is 9.53 Å². The van der Waals surface area contributed by atoms with Crippen molar-refractivity contribution in [3.05, 3.63) is 4.88 Å². The number of hydrogen-bond acceptors (Lipinski definition) is 5. The number of Topliss-reactive ketones (excluding diaryl/α,β-unsaturated/α-hetero) is 1. The quantitative estimate of drug-likeness (QED) is 0.853. The van der Waals surface area contributed by atoms with Crippen LogP contribution in [0.2, 0.25) is 0 Å². The Balaban J connectivity index is 2.36. The van der Waals surface area contributed by atoms with Gasteiger partial charge in [-0.25, -0.2) is 0 Å². The second kappa shape index (κ2) is 5.61. The largest absolute Gasteiger partial charge is 0.492 e. The molecular formula is C13H20N2O2S. The molecule has 0 atom stereocenters. The van der Waals surface area contributed by atoms with Gasteiger partial charge in [0.05, 0.1) is 17.7 Å². The zero-order chi connectivity index (χ0) is 13.1. The van der Waals surface area contributed by atoms with Crippen molar-refractivity contribution >= 4 is 27.8 Å². The van der Waals surface area contributed by atoms with Gasteiger partial charge < -0.3 is 15.4 Å². The fourth-order valence-electron chi connectivity index (χ4n) is 2.29. The molecule has 0 aliphatic carbocycles. The third-order valence-electron chi connectivity index (χ3n) is 3.30. The lowest BCUT2D eigenvalue weighted by Crippen LogP contribution is -2.28. The van der Waals surface area contributed by atoms with E-state index in [9.17, 15) is 4.79 Å². The third-order valence-corrected chi connectivity index (χ3v) is 4.59. The summed E-state index contributed by atoms with van der Waals surface area (Å²) in [5.41, 5.74) is 6.54. The molecule has 1 aliphatic rings. The maximum Gasteiger partial charge on any atom is 0.177 e. The molecule has 1 fully saturated rings. The number of piperidine rings is 1. The molecule has 0 amide bonds. The number of nitrogen functional groups attached to an aromatic ring is 1. The van der Waals surface area contributed by atoms with Gasteiger partial charge in [0, 0.05) is 19.5 Å². The van der Waals surface area contributed by atoms with Crippen molar-refractivity contribution in [3.63, 3.8) is 0 Å². The SMILES string of the molecule is CCC(=O)c1sc(N2CCCCC2)c(OC)c1N. The molecule has 18 heavy (non-hydrogen) atoms. The summed E-state index contributed by atoms with van der Waals surface area (Å²) < 4.78 is 5.40. The number of nitrogens with two attached hydrogens (primary N) is 1. The molecule has 2 heterocycles. The number of hydrogen-bond donors (Lipinski definition) is 1. The van der Waals surface area contributed by atoms with Gasteiger partial charge in [0.25, 0.3) is 0 Å². The number of ether oxygens (including phenoxy) is 1. The molecule has 1 saturated heterocycles. The van der Waals surface area contributed by atoms with Crippen molar-refractivity contribution in [3.8, 4) is 5.75 Å². The highest BCUT2D eigenvalue weighted by Gasteiger charge is 2.25. The topological polar surface area (TPSA) is 55.6 Å². The van der Waals surface area contributed by atoms with Crippen LogP contribution in [0.4, 0.5) is 10.7 Å². The summed E-state index contributed by atoms with van der Waals surface area (Å²) in [5, 5.41) is 1.02. The van der Waals surface area contributed by atoms with Crippen molar-refractivity contribution in [2.45, 2.75) is 32.6 Å². The molecule has 0 unspecified atom stereocenters. The van der Waals surface area contributed by atoms with Crippen LogP contribution < -0.4 is 15.4 Å². The molecule has 100 valence electrons. The summed E-state index contributed by atoms with van der Waals surface area (Å²) in [6, 6.07) is 0. The molecule has 0 spiro atoms. The third kappa shape index (κ3) is 2.32. The molecule has 2 rings (SSSR count). The Labute approximate surface area is 112 Å². The average Bonchev–Trinajstić information content (AvgIpc) is 2.76. The molecule has 0 aromatic carbocycles. The Hall–Kier alpha value is -1.23. The van der Waals surface area contributed by atoms with Gasteiger partial charge in [-0.05, 0) is 19.3 Å². The van der Waals surface area contributed by atoms with Gasteiger partial charge in [0.15, 0.2) is 11.5 Å². The molecule has 1 aliphatic heterocycles. The zero-order valence-electron chi connectivity index (χ0n) is 11.0. The highest BCUT2D eigenvalue weighted by atomic mass is 32.1. The van der Waals surface area contributed by atoms with E-state index < -0.39 is 0 Å². The minimum atomic E-state index is 0.0964. The Morgan fingerprint density at radius 3 is 2.61 bits per heavy atom. The maximum atomic E-state index is 11.9. The highest BCUT2D eigenvalue weighted by Crippen LogP contribution is 2.45. The van der Waals surface area contributed by atoms with Crippen LogP contribution >= 0.6 is 11.3 Å². The van der Waals surface area contributed by atoms with E-state index in [1.54, 1.807) is 7.11 Å². The van der Waals surface area contributed by atoms with Gasteiger partial charge in [-0.3, -0.25) is 4.79 Å². The van der Waals surface area contributed by atoms with E-state index >= 15 is 0 Å². The summed E-state index contributed by atoms with van der Waals surface area (Å²) in [5.74, 6) is 0.776. The van der Waals surface area contributed by atoms with Crippen LogP contribution in [0, 0.1) is 0 Å². The summed E-state index contributed by atoms with van der Waals surface area (Å²) in [4.78, 5) is 14.8. The summed E-state index contributed by atoms with van der Waals surface area (Å²) >= 11 is 1.48. The van der Waals surface area contributed by atoms with Gasteiger partial charge in [-0.15, -0.1) is 11.3 Å². The van der Waals surface area contributed by atoms with E-state index in [1.165, 1.54) is 30.6 Å². The maximum absolute atomic E-state index is 11.9. The first-order chi connectivity index (χ1) is 8.69. The van der Waals surface area contributed by atoms with Crippen molar-refractivity contribution in [2.75, 3.05) is 30.8 Å². The molecule has 4 nitrogen and oxygen atoms in total. The lowest BCUT2D eigenvalue weighted by atomic mass is 10.1. The Bertz CT molecular complexity index is 436. The molecule has 5 heteroatoms. The molecule has 0 saturated carbocycles. The van der Waals surface area contributed by atoms with Crippen molar-refractivity contribution in [2.24, 2.45) is 0 Å². The van der Waals surface area contributed by atoms with Crippen molar-refractivity contribution in [1.82, 2.24) is 0 Å². The van der Waals surface area contributed by atoms with E-state index in [4.69, 9.17) is 10.5 Å². The van der Waals surface area contributed by atoms with Gasteiger partial charge in [0.1, 0.15) is 5.00 Å². The van der Waals surface area contributed by atoms with Crippen LogP contribution in [0.25, 0.3) is 0 Å². The van der Waals surface area contributed by atoms with E-state index in [1.807, 2.05) is 6.92 Å².